The number of rotatable bonds is 6. The number of hydrogen-bond donors (Lipinski definition) is 0. The SMILES string of the molecule is Cc1ccc(N(c2ccc(F)cc2)c2ccc3c(c2)C(C)(C)c2cc(N(c4ccc(C)cc4)c4ccc(F)cc4)ccc2-3)cc1. The summed E-state index contributed by atoms with van der Waals surface area (Å²) >= 11 is 0. The first-order valence-electron chi connectivity index (χ1n) is 15.2. The summed E-state index contributed by atoms with van der Waals surface area (Å²) in [5.41, 5.74) is 12.8. The fraction of sp³-hybridized carbons (Fsp3) is 0.122. The summed E-state index contributed by atoms with van der Waals surface area (Å²) < 4.78 is 27.9. The minimum absolute atomic E-state index is 0.260. The first-order valence-corrected chi connectivity index (χ1v) is 15.2. The Hall–Kier alpha value is -5.22. The Balaban J connectivity index is 1.33. The molecule has 4 heteroatoms. The van der Waals surface area contributed by atoms with Gasteiger partial charge < -0.3 is 9.80 Å². The van der Waals surface area contributed by atoms with Crippen LogP contribution in [-0.4, -0.2) is 0 Å². The molecular weight excluding hydrogens is 558 g/mol. The standard InChI is InChI=1S/C41H34F2N2/c1-27-5-13-31(14-6-27)44(33-17-9-29(42)10-18-33)35-21-23-37-38-24-22-36(26-40(38)41(3,4)39(37)25-35)45(32-15-7-28(2)8-16-32)34-19-11-30(43)12-20-34/h5-26H,1-4H3. The number of nitrogens with zero attached hydrogens (tertiary/aromatic N) is 2. The molecule has 0 fully saturated rings. The third kappa shape index (κ3) is 5.17. The van der Waals surface area contributed by atoms with Crippen LogP contribution in [0.1, 0.15) is 36.1 Å². The maximum absolute atomic E-state index is 13.9. The molecule has 0 saturated carbocycles. The topological polar surface area (TPSA) is 6.48 Å². The molecule has 0 aromatic heterocycles. The normalized spacial score (nSPS) is 12.8. The monoisotopic (exact) mass is 592 g/mol. The van der Waals surface area contributed by atoms with Crippen LogP contribution in [0.2, 0.25) is 0 Å². The lowest BCUT2D eigenvalue weighted by Crippen LogP contribution is -2.17. The average Bonchev–Trinajstić information content (AvgIpc) is 3.26. The van der Waals surface area contributed by atoms with Gasteiger partial charge in [-0.25, -0.2) is 8.78 Å². The molecule has 0 spiro atoms. The lowest BCUT2D eigenvalue weighted by Gasteiger charge is -2.29. The van der Waals surface area contributed by atoms with Crippen molar-refractivity contribution in [2.75, 3.05) is 9.80 Å². The molecule has 222 valence electrons. The van der Waals surface area contributed by atoms with Crippen molar-refractivity contribution in [1.82, 2.24) is 0 Å². The Morgan fingerprint density at radius 3 is 1.02 bits per heavy atom. The van der Waals surface area contributed by atoms with Gasteiger partial charge in [-0.2, -0.15) is 0 Å². The summed E-state index contributed by atoms with van der Waals surface area (Å²) in [6.07, 6.45) is 0. The second kappa shape index (κ2) is 11.0. The fourth-order valence-electron chi connectivity index (χ4n) is 6.45. The minimum atomic E-state index is -0.291. The van der Waals surface area contributed by atoms with Crippen LogP contribution in [0.3, 0.4) is 0 Å². The van der Waals surface area contributed by atoms with Crippen molar-refractivity contribution in [3.05, 3.63) is 167 Å². The molecule has 0 unspecified atom stereocenters. The molecule has 0 atom stereocenters. The molecule has 1 aliphatic carbocycles. The summed E-state index contributed by atoms with van der Waals surface area (Å²) in [5.74, 6) is -0.520. The maximum atomic E-state index is 13.9. The highest BCUT2D eigenvalue weighted by molar-refractivity contribution is 5.88. The summed E-state index contributed by atoms with van der Waals surface area (Å²) in [6.45, 7) is 8.69. The molecule has 7 rings (SSSR count). The smallest absolute Gasteiger partial charge is 0.123 e. The molecule has 0 N–H and O–H groups in total. The number of aryl methyl sites for hydroxylation is 2. The predicted octanol–water partition coefficient (Wildman–Crippen LogP) is 11.8. The molecule has 0 heterocycles. The molecule has 6 aromatic carbocycles. The van der Waals surface area contributed by atoms with Crippen LogP contribution in [0.4, 0.5) is 42.9 Å². The van der Waals surface area contributed by atoms with Crippen LogP contribution in [0.25, 0.3) is 11.1 Å². The van der Waals surface area contributed by atoms with E-state index >= 15 is 0 Å². The highest BCUT2D eigenvalue weighted by Gasteiger charge is 2.36. The van der Waals surface area contributed by atoms with Gasteiger partial charge in [0.1, 0.15) is 11.6 Å². The van der Waals surface area contributed by atoms with Crippen LogP contribution in [0.5, 0.6) is 0 Å². The zero-order valence-electron chi connectivity index (χ0n) is 25.9. The fourth-order valence-corrected chi connectivity index (χ4v) is 6.45. The Bertz CT molecular complexity index is 1760. The van der Waals surface area contributed by atoms with Crippen LogP contribution < -0.4 is 9.80 Å². The second-order valence-corrected chi connectivity index (χ2v) is 12.4. The van der Waals surface area contributed by atoms with Gasteiger partial charge in [0, 0.05) is 39.5 Å². The van der Waals surface area contributed by atoms with E-state index in [-0.39, 0.29) is 17.0 Å². The van der Waals surface area contributed by atoms with Crippen molar-refractivity contribution >= 4 is 34.1 Å². The van der Waals surface area contributed by atoms with Gasteiger partial charge in [0.15, 0.2) is 0 Å². The van der Waals surface area contributed by atoms with Crippen LogP contribution >= 0.6 is 0 Å². The molecule has 1 aliphatic rings. The molecule has 0 amide bonds. The van der Waals surface area contributed by atoms with E-state index in [1.807, 2.05) is 24.3 Å². The Labute approximate surface area is 263 Å². The molecule has 0 bridgehead atoms. The van der Waals surface area contributed by atoms with E-state index in [0.29, 0.717) is 0 Å². The van der Waals surface area contributed by atoms with E-state index in [4.69, 9.17) is 0 Å². The number of halogens is 2. The lowest BCUT2D eigenvalue weighted by atomic mass is 9.82. The Morgan fingerprint density at radius 2 is 0.689 bits per heavy atom. The summed E-state index contributed by atoms with van der Waals surface area (Å²) in [7, 11) is 0. The third-order valence-corrected chi connectivity index (χ3v) is 8.91. The zero-order valence-corrected chi connectivity index (χ0v) is 25.9. The lowest BCUT2D eigenvalue weighted by molar-refractivity contribution is 0.627. The van der Waals surface area contributed by atoms with Gasteiger partial charge in [-0.05, 0) is 133 Å². The first-order chi connectivity index (χ1) is 21.7. The molecule has 45 heavy (non-hydrogen) atoms. The number of benzene rings is 6. The number of anilines is 6. The van der Waals surface area contributed by atoms with E-state index in [1.165, 1.54) is 57.6 Å². The molecular formula is C41H34F2N2. The van der Waals surface area contributed by atoms with E-state index in [1.54, 1.807) is 0 Å². The van der Waals surface area contributed by atoms with Crippen LogP contribution in [0, 0.1) is 25.5 Å². The molecule has 6 aromatic rings. The van der Waals surface area contributed by atoms with Gasteiger partial charge in [0.05, 0.1) is 0 Å². The summed E-state index contributed by atoms with van der Waals surface area (Å²) in [5, 5.41) is 0. The van der Waals surface area contributed by atoms with Crippen LogP contribution in [-0.2, 0) is 5.41 Å². The summed E-state index contributed by atoms with van der Waals surface area (Å²) in [6, 6.07) is 43.4. The molecule has 0 saturated heterocycles. The van der Waals surface area contributed by atoms with Crippen molar-refractivity contribution in [3.8, 4) is 11.1 Å². The van der Waals surface area contributed by atoms with Gasteiger partial charge in [-0.1, -0.05) is 61.4 Å². The Kier molecular flexibility index (Phi) is 7.01. The quantitative estimate of drug-likeness (QED) is 0.190. The Morgan fingerprint density at radius 1 is 0.400 bits per heavy atom. The van der Waals surface area contributed by atoms with E-state index in [9.17, 15) is 8.78 Å². The highest BCUT2D eigenvalue weighted by Crippen LogP contribution is 2.52. The molecule has 0 radical (unpaired) electrons. The minimum Gasteiger partial charge on any atom is -0.310 e. The van der Waals surface area contributed by atoms with Crippen molar-refractivity contribution in [3.63, 3.8) is 0 Å². The van der Waals surface area contributed by atoms with Gasteiger partial charge in [-0.3, -0.25) is 0 Å². The van der Waals surface area contributed by atoms with E-state index < -0.39 is 0 Å². The largest absolute Gasteiger partial charge is 0.310 e. The van der Waals surface area contributed by atoms with E-state index in [2.05, 4.69) is 122 Å². The van der Waals surface area contributed by atoms with Gasteiger partial charge in [-0.15, -0.1) is 0 Å². The van der Waals surface area contributed by atoms with Crippen molar-refractivity contribution in [2.45, 2.75) is 33.1 Å². The second-order valence-electron chi connectivity index (χ2n) is 12.4. The number of fused-ring (bicyclic) bond motifs is 3. The van der Waals surface area contributed by atoms with Gasteiger partial charge >= 0.3 is 0 Å². The number of hydrogen-bond acceptors (Lipinski definition) is 2. The molecule has 0 aliphatic heterocycles. The summed E-state index contributed by atoms with van der Waals surface area (Å²) in [4.78, 5) is 4.36. The van der Waals surface area contributed by atoms with Crippen LogP contribution in [0.15, 0.2) is 133 Å². The van der Waals surface area contributed by atoms with Crippen molar-refractivity contribution in [1.29, 1.82) is 0 Å². The zero-order chi connectivity index (χ0) is 31.3. The van der Waals surface area contributed by atoms with Gasteiger partial charge in [0.25, 0.3) is 0 Å². The first kappa shape index (κ1) is 28.5. The third-order valence-electron chi connectivity index (χ3n) is 8.91. The maximum Gasteiger partial charge on any atom is 0.123 e. The van der Waals surface area contributed by atoms with Crippen molar-refractivity contribution in [2.24, 2.45) is 0 Å². The van der Waals surface area contributed by atoms with Gasteiger partial charge in [0.2, 0.25) is 0 Å². The van der Waals surface area contributed by atoms with E-state index in [0.717, 1.165) is 34.1 Å². The predicted molar refractivity (Wildman–Crippen MR) is 183 cm³/mol. The average molecular weight is 593 g/mol. The molecule has 2 nitrogen and oxygen atoms in total. The van der Waals surface area contributed by atoms with Crippen molar-refractivity contribution < 1.29 is 8.78 Å². The highest BCUT2D eigenvalue weighted by atomic mass is 19.1.